The van der Waals surface area contributed by atoms with Crippen molar-refractivity contribution in [1.82, 2.24) is 19.9 Å². The van der Waals surface area contributed by atoms with Crippen molar-refractivity contribution in [3.8, 4) is 17.0 Å². The van der Waals surface area contributed by atoms with Crippen LogP contribution in [-0.4, -0.2) is 32.9 Å². The molecule has 3 aromatic heterocycles. The molecule has 1 fully saturated rings. The third kappa shape index (κ3) is 3.20. The Morgan fingerprint density at radius 3 is 2.80 bits per heavy atom. The second-order valence-corrected chi connectivity index (χ2v) is 7.56. The number of carbonyl (C=O) groups excluding carboxylic acids is 1. The summed E-state index contributed by atoms with van der Waals surface area (Å²) in [5.74, 6) is 1.29. The number of anilines is 1. The van der Waals surface area contributed by atoms with E-state index in [0.29, 0.717) is 39.8 Å². The highest BCUT2D eigenvalue weighted by atomic mass is 16.5. The van der Waals surface area contributed by atoms with Crippen molar-refractivity contribution in [3.05, 3.63) is 53.3 Å². The van der Waals surface area contributed by atoms with Crippen LogP contribution >= 0.6 is 0 Å². The minimum atomic E-state index is -0.269. The number of hydrogen-bond acceptors (Lipinski definition) is 6. The quantitative estimate of drug-likeness (QED) is 0.540. The van der Waals surface area contributed by atoms with Crippen molar-refractivity contribution in [2.45, 2.75) is 25.7 Å². The number of hydrogen-bond donors (Lipinski definition) is 1. The van der Waals surface area contributed by atoms with Crippen LogP contribution in [0.5, 0.6) is 5.75 Å². The van der Waals surface area contributed by atoms with Gasteiger partial charge in [-0.05, 0) is 38.0 Å². The summed E-state index contributed by atoms with van der Waals surface area (Å²) in [5, 5.41) is 12.0. The van der Waals surface area contributed by atoms with Crippen molar-refractivity contribution in [3.63, 3.8) is 0 Å². The van der Waals surface area contributed by atoms with Crippen LogP contribution in [0, 0.1) is 6.92 Å². The van der Waals surface area contributed by atoms with Gasteiger partial charge in [-0.25, -0.2) is 4.98 Å². The smallest absolute Gasteiger partial charge is 0.259 e. The molecule has 0 unspecified atom stereocenters. The van der Waals surface area contributed by atoms with Gasteiger partial charge in [-0.1, -0.05) is 17.3 Å². The van der Waals surface area contributed by atoms with E-state index >= 15 is 0 Å². The molecular formula is C22H21N5O3. The van der Waals surface area contributed by atoms with Crippen LogP contribution < -0.4 is 10.1 Å². The zero-order valence-electron chi connectivity index (χ0n) is 17.0. The van der Waals surface area contributed by atoms with Crippen molar-refractivity contribution in [2.24, 2.45) is 7.05 Å². The number of pyridine rings is 1. The molecule has 0 spiro atoms. The lowest BCUT2D eigenvalue weighted by Crippen LogP contribution is -2.14. The van der Waals surface area contributed by atoms with E-state index in [0.717, 1.165) is 29.8 Å². The highest BCUT2D eigenvalue weighted by molar-refractivity contribution is 6.14. The van der Waals surface area contributed by atoms with Crippen molar-refractivity contribution in [2.75, 3.05) is 12.4 Å². The van der Waals surface area contributed by atoms with E-state index in [1.54, 1.807) is 11.8 Å². The van der Waals surface area contributed by atoms with E-state index < -0.39 is 0 Å². The van der Waals surface area contributed by atoms with Gasteiger partial charge in [0.2, 0.25) is 0 Å². The number of benzene rings is 1. The Morgan fingerprint density at radius 2 is 2.10 bits per heavy atom. The average molecular weight is 403 g/mol. The summed E-state index contributed by atoms with van der Waals surface area (Å²) in [4.78, 5) is 17.9. The topological polar surface area (TPSA) is 95.1 Å². The number of aryl methyl sites for hydroxylation is 2. The van der Waals surface area contributed by atoms with Gasteiger partial charge in [0.05, 0.1) is 18.1 Å². The molecule has 1 amide bonds. The van der Waals surface area contributed by atoms with E-state index in [9.17, 15) is 4.79 Å². The minimum absolute atomic E-state index is 0.269. The minimum Gasteiger partial charge on any atom is -0.497 e. The van der Waals surface area contributed by atoms with Gasteiger partial charge in [0, 0.05) is 36.0 Å². The molecule has 1 N–H and O–H groups in total. The first-order valence-corrected chi connectivity index (χ1v) is 9.80. The number of aromatic nitrogens is 4. The summed E-state index contributed by atoms with van der Waals surface area (Å²) in [6.07, 6.45) is 2.13. The van der Waals surface area contributed by atoms with Gasteiger partial charge in [0.15, 0.2) is 5.82 Å². The maximum Gasteiger partial charge on any atom is 0.259 e. The SMILES string of the molecule is COc1cccc(-c2noc3nc(C4CC4)cc(C(=O)Nc4cc(C)n(C)n4)c23)c1. The average Bonchev–Trinajstić information content (AvgIpc) is 3.44. The second-order valence-electron chi connectivity index (χ2n) is 7.56. The molecule has 0 bridgehead atoms. The normalized spacial score (nSPS) is 13.6. The Morgan fingerprint density at radius 1 is 1.27 bits per heavy atom. The molecular weight excluding hydrogens is 382 g/mol. The maximum absolute atomic E-state index is 13.3. The molecule has 0 saturated heterocycles. The number of carbonyl (C=O) groups is 1. The standard InChI is InChI=1S/C22H21N5O3/c1-12-9-18(25-27(12)2)24-21(28)16-11-17(13-7-8-13)23-22-19(16)20(26-30-22)14-5-4-6-15(10-14)29-3/h4-6,9-11,13H,7-8H2,1-3H3,(H,24,25,28). The van der Waals surface area contributed by atoms with Crippen LogP contribution in [0.15, 0.2) is 40.9 Å². The fourth-order valence-electron chi connectivity index (χ4n) is 3.51. The van der Waals surface area contributed by atoms with E-state index in [-0.39, 0.29) is 5.91 Å². The van der Waals surface area contributed by atoms with E-state index in [2.05, 4.69) is 20.6 Å². The number of amides is 1. The molecule has 8 nitrogen and oxygen atoms in total. The second kappa shape index (κ2) is 6.98. The van der Waals surface area contributed by atoms with Crippen LogP contribution in [0.2, 0.25) is 0 Å². The number of fused-ring (bicyclic) bond motifs is 1. The van der Waals surface area contributed by atoms with Crippen LogP contribution in [0.25, 0.3) is 22.4 Å². The Hall–Kier alpha value is -3.68. The first kappa shape index (κ1) is 18.4. The van der Waals surface area contributed by atoms with Crippen molar-refractivity contribution >= 4 is 22.8 Å². The summed E-state index contributed by atoms with van der Waals surface area (Å²) in [7, 11) is 3.44. The maximum atomic E-state index is 13.3. The molecule has 1 aliphatic rings. The van der Waals surface area contributed by atoms with E-state index in [4.69, 9.17) is 9.26 Å². The van der Waals surface area contributed by atoms with Crippen LogP contribution in [0.4, 0.5) is 5.82 Å². The lowest BCUT2D eigenvalue weighted by atomic mass is 10.0. The zero-order valence-corrected chi connectivity index (χ0v) is 17.0. The summed E-state index contributed by atoms with van der Waals surface area (Å²) in [5.41, 5.74) is 3.99. The van der Waals surface area contributed by atoms with Crippen molar-refractivity contribution in [1.29, 1.82) is 0 Å². The highest BCUT2D eigenvalue weighted by Crippen LogP contribution is 2.41. The van der Waals surface area contributed by atoms with Gasteiger partial charge in [-0.3, -0.25) is 9.48 Å². The zero-order chi connectivity index (χ0) is 20.8. The first-order valence-electron chi connectivity index (χ1n) is 9.80. The third-order valence-corrected chi connectivity index (χ3v) is 5.41. The number of methoxy groups -OCH3 is 1. The monoisotopic (exact) mass is 403 g/mol. The highest BCUT2D eigenvalue weighted by Gasteiger charge is 2.29. The molecule has 1 aromatic carbocycles. The summed E-state index contributed by atoms with van der Waals surface area (Å²) < 4.78 is 12.6. The van der Waals surface area contributed by atoms with Crippen LogP contribution in [0.3, 0.4) is 0 Å². The number of nitrogens with zero attached hydrogens (tertiary/aromatic N) is 4. The molecule has 0 atom stereocenters. The molecule has 8 heteroatoms. The summed E-state index contributed by atoms with van der Waals surface area (Å²) in [6.45, 7) is 1.93. The molecule has 0 aliphatic heterocycles. The van der Waals surface area contributed by atoms with Gasteiger partial charge in [0.25, 0.3) is 11.6 Å². The molecule has 0 radical (unpaired) electrons. The lowest BCUT2D eigenvalue weighted by Gasteiger charge is -2.07. The van der Waals surface area contributed by atoms with Gasteiger partial charge in [-0.15, -0.1) is 0 Å². The first-order chi connectivity index (χ1) is 14.5. The van der Waals surface area contributed by atoms with Gasteiger partial charge >= 0.3 is 0 Å². The van der Waals surface area contributed by atoms with Crippen LogP contribution in [-0.2, 0) is 7.05 Å². The molecule has 4 aromatic rings. The summed E-state index contributed by atoms with van der Waals surface area (Å²) >= 11 is 0. The molecule has 3 heterocycles. The molecule has 152 valence electrons. The van der Waals surface area contributed by atoms with Crippen LogP contribution in [0.1, 0.15) is 40.5 Å². The van der Waals surface area contributed by atoms with Gasteiger partial charge < -0.3 is 14.6 Å². The number of nitrogens with one attached hydrogen (secondary N) is 1. The fraction of sp³-hybridized carbons (Fsp3) is 0.273. The predicted octanol–water partition coefficient (Wildman–Crippen LogP) is 4.07. The van der Waals surface area contributed by atoms with Gasteiger partial charge in [-0.2, -0.15) is 5.10 Å². The van der Waals surface area contributed by atoms with Crippen molar-refractivity contribution < 1.29 is 14.1 Å². The lowest BCUT2D eigenvalue weighted by molar-refractivity contribution is 0.102. The third-order valence-electron chi connectivity index (χ3n) is 5.41. The predicted molar refractivity (Wildman–Crippen MR) is 112 cm³/mol. The summed E-state index contributed by atoms with van der Waals surface area (Å²) in [6, 6.07) is 11.2. The number of rotatable bonds is 5. The fourth-order valence-corrected chi connectivity index (χ4v) is 3.51. The van der Waals surface area contributed by atoms with E-state index in [1.807, 2.05) is 50.4 Å². The Kier molecular flexibility index (Phi) is 4.27. The Labute approximate surface area is 172 Å². The molecule has 1 aliphatic carbocycles. The Balaban J connectivity index is 1.64. The van der Waals surface area contributed by atoms with Gasteiger partial charge in [0.1, 0.15) is 11.4 Å². The number of ether oxygens (including phenoxy) is 1. The molecule has 5 rings (SSSR count). The molecule has 30 heavy (non-hydrogen) atoms. The Bertz CT molecular complexity index is 1250. The molecule has 1 saturated carbocycles. The largest absolute Gasteiger partial charge is 0.497 e. The van der Waals surface area contributed by atoms with E-state index in [1.165, 1.54) is 0 Å².